The van der Waals surface area contributed by atoms with Crippen molar-refractivity contribution in [2.75, 3.05) is 57.4 Å². The highest BCUT2D eigenvalue weighted by molar-refractivity contribution is 6.34. The van der Waals surface area contributed by atoms with E-state index in [1.165, 1.54) is 27.8 Å². The largest absolute Gasteiger partial charge is 0.488 e. The van der Waals surface area contributed by atoms with Crippen LogP contribution in [-0.2, 0) is 22.2 Å². The Hall–Kier alpha value is -6.31. The minimum atomic E-state index is -1.16. The Bertz CT molecular complexity index is 3000. The molecule has 3 saturated heterocycles. The highest BCUT2D eigenvalue weighted by Gasteiger charge is 2.50. The Morgan fingerprint density at radius 3 is 2.36 bits per heavy atom. The van der Waals surface area contributed by atoms with Crippen molar-refractivity contribution in [3.05, 3.63) is 105 Å². The summed E-state index contributed by atoms with van der Waals surface area (Å²) in [5.41, 5.74) is 5.03. The number of nitrogens with two attached hydrogens (primary N) is 1. The van der Waals surface area contributed by atoms with Gasteiger partial charge < -0.3 is 25.4 Å². The molecule has 3 unspecified atom stereocenters. The molecule has 5 aliphatic rings. The number of primary amides is 1. The summed E-state index contributed by atoms with van der Waals surface area (Å²) in [6, 6.07) is 13.6. The van der Waals surface area contributed by atoms with Crippen LogP contribution in [0.4, 0.5) is 32.6 Å². The van der Waals surface area contributed by atoms with Crippen molar-refractivity contribution in [1.29, 1.82) is 0 Å². The van der Waals surface area contributed by atoms with Gasteiger partial charge in [-0.3, -0.25) is 34.2 Å². The summed E-state index contributed by atoms with van der Waals surface area (Å²) in [6.45, 7) is 3.22. The molecule has 1 aromatic heterocycles. The molecular weight excluding hydrogens is 975 g/mol. The van der Waals surface area contributed by atoms with Gasteiger partial charge in [0, 0.05) is 91.9 Å². The monoisotopic (exact) mass is 1030 g/mol. The number of benzene rings is 4. The van der Waals surface area contributed by atoms with Crippen molar-refractivity contribution in [3.8, 4) is 22.6 Å². The van der Waals surface area contributed by atoms with Gasteiger partial charge in [0.1, 0.15) is 36.2 Å². The molecule has 0 radical (unpaired) electrons. The first-order chi connectivity index (χ1) is 35.1. The summed E-state index contributed by atoms with van der Waals surface area (Å²) in [5.74, 6) is -5.96. The molecule has 1 saturated carbocycles. The molecule has 1 aliphatic carbocycles. The zero-order chi connectivity index (χ0) is 51.5. The highest BCUT2D eigenvalue weighted by Crippen LogP contribution is 2.57. The average Bonchev–Trinajstić information content (AvgIpc) is 4.08. The number of hydrogen-bond acceptors (Lipinski definition) is 9. The Morgan fingerprint density at radius 1 is 0.918 bits per heavy atom. The molecule has 73 heavy (non-hydrogen) atoms. The van der Waals surface area contributed by atoms with Gasteiger partial charge in [-0.05, 0) is 87.7 Å². The molecule has 10 rings (SSSR count). The summed E-state index contributed by atoms with van der Waals surface area (Å²) in [7, 11) is 1.54. The molecule has 5 heterocycles. The molecule has 3 atom stereocenters. The van der Waals surface area contributed by atoms with Crippen LogP contribution in [0.15, 0.2) is 54.6 Å². The third kappa shape index (κ3) is 9.04. The SMILES string of the molecule is CC1c2c(cc(F)c(Cl)c2-c2c(C(N)=O)ccc(OCCF)c2F)OC1(CNC1CCC(C(=O)N2CCC(N3CCC(c4c(F)cc5c(N6CCC(=O)NC6=O)nn(C)c5c4F)CC3)C2)CC1)c1ccccc1. The highest BCUT2D eigenvalue weighted by atomic mass is 35.5. The summed E-state index contributed by atoms with van der Waals surface area (Å²) in [4.78, 5) is 56.6. The van der Waals surface area contributed by atoms with Crippen LogP contribution >= 0.6 is 11.6 Å². The van der Waals surface area contributed by atoms with Crippen LogP contribution in [0.5, 0.6) is 11.5 Å². The molecule has 4 N–H and O–H groups in total. The van der Waals surface area contributed by atoms with E-state index in [1.807, 2.05) is 42.2 Å². The molecular formula is C53H56ClF5N8O6. The third-order valence-corrected chi connectivity index (χ3v) is 16.2. The Kier molecular flexibility index (Phi) is 13.9. The number of nitrogens with one attached hydrogen (secondary N) is 2. The quantitative estimate of drug-likeness (QED) is 0.0984. The van der Waals surface area contributed by atoms with Gasteiger partial charge in [-0.15, -0.1) is 0 Å². The average molecular weight is 1030 g/mol. The molecule has 4 aliphatic heterocycles. The zero-order valence-corrected chi connectivity index (χ0v) is 41.2. The molecule has 14 nitrogen and oxygen atoms in total. The van der Waals surface area contributed by atoms with E-state index < -0.39 is 70.9 Å². The van der Waals surface area contributed by atoms with Crippen molar-refractivity contribution in [1.82, 2.24) is 30.2 Å². The van der Waals surface area contributed by atoms with Crippen LogP contribution in [0.2, 0.25) is 5.02 Å². The lowest BCUT2D eigenvalue weighted by atomic mass is 9.77. The predicted molar refractivity (Wildman–Crippen MR) is 262 cm³/mol. The van der Waals surface area contributed by atoms with E-state index >= 15 is 17.6 Å². The normalized spacial score (nSPS) is 23.7. The van der Waals surface area contributed by atoms with E-state index in [0.717, 1.165) is 18.1 Å². The number of urea groups is 1. The lowest BCUT2D eigenvalue weighted by Crippen LogP contribution is -2.49. The number of halogens is 6. The van der Waals surface area contributed by atoms with Gasteiger partial charge in [0.15, 0.2) is 28.8 Å². The van der Waals surface area contributed by atoms with Crippen LogP contribution < -0.4 is 30.7 Å². The second kappa shape index (κ2) is 20.2. The maximum atomic E-state index is 16.4. The van der Waals surface area contributed by atoms with E-state index in [-0.39, 0.29) is 99.8 Å². The van der Waals surface area contributed by atoms with Crippen molar-refractivity contribution >= 4 is 52.1 Å². The van der Waals surface area contributed by atoms with E-state index in [9.17, 15) is 23.6 Å². The molecule has 4 aromatic carbocycles. The number of amides is 5. The number of hydrogen-bond donors (Lipinski definition) is 3. The maximum absolute atomic E-state index is 16.4. The molecule has 0 spiro atoms. The van der Waals surface area contributed by atoms with Crippen LogP contribution in [-0.4, -0.2) is 108 Å². The van der Waals surface area contributed by atoms with Crippen molar-refractivity contribution < 1.29 is 50.6 Å². The minimum absolute atomic E-state index is 0.00162. The van der Waals surface area contributed by atoms with Crippen LogP contribution in [0.1, 0.15) is 97.2 Å². The number of rotatable bonds is 13. The number of aryl methyl sites for hydroxylation is 1. The smallest absolute Gasteiger partial charge is 0.329 e. The number of nitrogens with zero attached hydrogens (tertiary/aromatic N) is 5. The number of ether oxygens (including phenoxy) is 2. The Labute approximate surface area is 423 Å². The van der Waals surface area contributed by atoms with E-state index in [4.69, 9.17) is 26.8 Å². The number of likely N-dealkylation sites (tertiary alicyclic amines) is 2. The van der Waals surface area contributed by atoms with Crippen LogP contribution in [0.25, 0.3) is 22.0 Å². The lowest BCUT2D eigenvalue weighted by Gasteiger charge is -2.38. The van der Waals surface area contributed by atoms with E-state index in [1.54, 1.807) is 7.05 Å². The number of carbonyl (C=O) groups excluding carboxylic acids is 4. The molecule has 4 fully saturated rings. The van der Waals surface area contributed by atoms with Crippen molar-refractivity contribution in [2.45, 2.75) is 87.8 Å². The van der Waals surface area contributed by atoms with Gasteiger partial charge in [-0.1, -0.05) is 48.9 Å². The summed E-state index contributed by atoms with van der Waals surface area (Å²) >= 11 is 6.69. The summed E-state index contributed by atoms with van der Waals surface area (Å²) < 4.78 is 91.0. The van der Waals surface area contributed by atoms with Crippen molar-refractivity contribution in [2.24, 2.45) is 18.7 Å². The molecule has 5 aromatic rings. The topological polar surface area (TPSA) is 164 Å². The van der Waals surface area contributed by atoms with E-state index in [2.05, 4.69) is 20.6 Å². The number of anilines is 1. The van der Waals surface area contributed by atoms with Gasteiger partial charge >= 0.3 is 6.03 Å². The molecule has 20 heteroatoms. The first-order valence-corrected chi connectivity index (χ1v) is 25.3. The fraction of sp³-hybridized carbons (Fsp3) is 0.453. The fourth-order valence-electron chi connectivity index (χ4n) is 12.1. The number of fused-ring (bicyclic) bond motifs is 2. The number of piperidine rings is 1. The first-order valence-electron chi connectivity index (χ1n) is 24.9. The van der Waals surface area contributed by atoms with Gasteiger partial charge in [0.25, 0.3) is 0 Å². The van der Waals surface area contributed by atoms with E-state index in [0.29, 0.717) is 70.3 Å². The maximum Gasteiger partial charge on any atom is 0.329 e. The predicted octanol–water partition coefficient (Wildman–Crippen LogP) is 8.36. The lowest BCUT2D eigenvalue weighted by molar-refractivity contribution is -0.135. The fourth-order valence-corrected chi connectivity index (χ4v) is 12.3. The third-order valence-electron chi connectivity index (χ3n) is 15.9. The summed E-state index contributed by atoms with van der Waals surface area (Å²) in [5, 5.41) is 9.99. The Balaban J connectivity index is 0.777. The molecule has 386 valence electrons. The zero-order valence-electron chi connectivity index (χ0n) is 40.4. The second-order valence-corrected chi connectivity index (χ2v) is 20.3. The van der Waals surface area contributed by atoms with Crippen LogP contribution in [0, 0.1) is 29.2 Å². The molecule has 0 bridgehead atoms. The van der Waals surface area contributed by atoms with Gasteiger partial charge in [-0.2, -0.15) is 5.10 Å². The van der Waals surface area contributed by atoms with Crippen molar-refractivity contribution in [3.63, 3.8) is 0 Å². The minimum Gasteiger partial charge on any atom is -0.488 e. The van der Waals surface area contributed by atoms with Gasteiger partial charge in [-0.25, -0.2) is 26.7 Å². The van der Waals surface area contributed by atoms with Gasteiger partial charge in [0.05, 0.1) is 16.0 Å². The second-order valence-electron chi connectivity index (χ2n) is 19.9. The van der Waals surface area contributed by atoms with Gasteiger partial charge in [0.2, 0.25) is 17.7 Å². The number of alkyl halides is 1. The number of carbonyl (C=O) groups is 4. The summed E-state index contributed by atoms with van der Waals surface area (Å²) in [6.07, 6.45) is 4.60. The Morgan fingerprint density at radius 2 is 1.66 bits per heavy atom. The number of aromatic nitrogens is 2. The first kappa shape index (κ1) is 50.2. The van der Waals surface area contributed by atoms with Crippen LogP contribution in [0.3, 0.4) is 0 Å². The number of imide groups is 1. The molecule has 5 amide bonds. The standard InChI is InChI=1S/C53H56ClF5N8O6/c1-28-41-39(25-37(57)45(54)44(41)43-34(49(60)69)12-13-38(46(43)58)72-23-18-55)73-53(28,31-6-4-3-5-7-31)27-61-32-10-8-30(9-11-32)51(70)66-21-16-33(26-66)65-19-14-29(15-20-65)42-36(56)24-35-48(47(42)59)64(2)63-50(35)67-22-17-40(68)62-52(67)71/h3-7,12-13,24-25,28-30,32-33,61H,8-11,14-23,26-27H2,1-2H3,(H2,60,69)(H,62,68,71).